The molecule has 0 spiro atoms. The van der Waals surface area contributed by atoms with Crippen LogP contribution in [0.1, 0.15) is 63.4 Å². The summed E-state index contributed by atoms with van der Waals surface area (Å²) in [6, 6.07) is 8.41. The lowest BCUT2D eigenvalue weighted by Gasteiger charge is -2.27. The average molecular weight is 431 g/mol. The van der Waals surface area contributed by atoms with Gasteiger partial charge >= 0.3 is 0 Å². The quantitative estimate of drug-likeness (QED) is 0.461. The highest BCUT2D eigenvalue weighted by Crippen LogP contribution is 2.24. The van der Waals surface area contributed by atoms with E-state index in [1.807, 2.05) is 17.7 Å². The largest absolute Gasteiger partial charge is 0.349 e. The molecular formula is C25H30N6O. The highest BCUT2D eigenvalue weighted by Gasteiger charge is 2.24. The second-order valence-corrected chi connectivity index (χ2v) is 9.63. The van der Waals surface area contributed by atoms with Crippen molar-refractivity contribution in [3.63, 3.8) is 0 Å². The standard InChI is InChI=1S/C25H30N6O/c1-15(2)17-8-7-9-18(10-17)31-13-21(28-14-31)20-12-27-23-22(30-20)19(11-26-23)24(32)29-16(3)25(4,5)6/h7-16H,1-6H3,(H,26,27)(H,29,32)/t16-/m0/s1. The molecule has 0 saturated carbocycles. The number of aromatic amines is 1. The minimum atomic E-state index is -0.166. The summed E-state index contributed by atoms with van der Waals surface area (Å²) in [5.41, 5.74) is 5.18. The van der Waals surface area contributed by atoms with Gasteiger partial charge in [-0.05, 0) is 36.0 Å². The summed E-state index contributed by atoms with van der Waals surface area (Å²) in [6.45, 7) is 12.6. The molecular weight excluding hydrogens is 400 g/mol. The highest BCUT2D eigenvalue weighted by molar-refractivity contribution is 6.04. The number of H-pyrrole nitrogens is 1. The van der Waals surface area contributed by atoms with Crippen LogP contribution in [0.4, 0.5) is 0 Å². The molecule has 7 heteroatoms. The second kappa shape index (κ2) is 8.22. The zero-order valence-electron chi connectivity index (χ0n) is 19.5. The van der Waals surface area contributed by atoms with Gasteiger partial charge in [0.1, 0.15) is 16.9 Å². The summed E-state index contributed by atoms with van der Waals surface area (Å²) < 4.78 is 1.98. The molecule has 0 fully saturated rings. The lowest BCUT2D eigenvalue weighted by molar-refractivity contribution is 0.0911. The summed E-state index contributed by atoms with van der Waals surface area (Å²) >= 11 is 0. The molecule has 0 aliphatic carbocycles. The zero-order chi connectivity index (χ0) is 23.0. The van der Waals surface area contributed by atoms with Gasteiger partial charge in [-0.1, -0.05) is 46.8 Å². The SMILES string of the molecule is CC(C)c1cccc(-n2cnc(-c3cnc4[nH]cc(C(=O)N[C@@H](C)C(C)(C)C)c4n3)c2)c1. The zero-order valence-corrected chi connectivity index (χ0v) is 19.5. The van der Waals surface area contributed by atoms with E-state index in [2.05, 4.69) is 79.2 Å². The number of carbonyl (C=O) groups excluding carboxylic acids is 1. The number of fused-ring (bicyclic) bond motifs is 1. The minimum absolute atomic E-state index is 0.00777. The summed E-state index contributed by atoms with van der Waals surface area (Å²) in [6.07, 6.45) is 7.05. The van der Waals surface area contributed by atoms with Crippen LogP contribution in [0, 0.1) is 5.41 Å². The molecule has 1 atom stereocenters. The Labute approximate surface area is 188 Å². The van der Waals surface area contributed by atoms with Gasteiger partial charge in [-0.3, -0.25) is 4.79 Å². The van der Waals surface area contributed by atoms with Gasteiger partial charge in [-0.15, -0.1) is 0 Å². The van der Waals surface area contributed by atoms with E-state index in [9.17, 15) is 4.79 Å². The van der Waals surface area contributed by atoms with Gasteiger partial charge in [0.15, 0.2) is 5.65 Å². The molecule has 7 nitrogen and oxygen atoms in total. The lowest BCUT2D eigenvalue weighted by Crippen LogP contribution is -2.41. The fraction of sp³-hybridized carbons (Fsp3) is 0.360. The molecule has 3 aromatic heterocycles. The predicted molar refractivity (Wildman–Crippen MR) is 127 cm³/mol. The Hall–Kier alpha value is -3.48. The van der Waals surface area contributed by atoms with Crippen LogP contribution in [-0.4, -0.2) is 36.5 Å². The molecule has 0 bridgehead atoms. The van der Waals surface area contributed by atoms with Crippen LogP contribution in [0.2, 0.25) is 0 Å². The number of nitrogens with zero attached hydrogens (tertiary/aromatic N) is 4. The van der Waals surface area contributed by atoms with E-state index in [1.54, 1.807) is 18.7 Å². The smallest absolute Gasteiger partial charge is 0.255 e. The monoisotopic (exact) mass is 430 g/mol. The molecule has 3 heterocycles. The topological polar surface area (TPSA) is 88.5 Å². The fourth-order valence-electron chi connectivity index (χ4n) is 3.32. The van der Waals surface area contributed by atoms with E-state index in [0.29, 0.717) is 34.0 Å². The summed E-state index contributed by atoms with van der Waals surface area (Å²) in [5.74, 6) is 0.284. The van der Waals surface area contributed by atoms with Crippen molar-refractivity contribution in [3.8, 4) is 17.1 Å². The van der Waals surface area contributed by atoms with Crippen LogP contribution in [0.3, 0.4) is 0 Å². The van der Waals surface area contributed by atoms with E-state index < -0.39 is 0 Å². The molecule has 0 aliphatic heterocycles. The van der Waals surface area contributed by atoms with E-state index in [1.165, 1.54) is 5.56 Å². The van der Waals surface area contributed by atoms with Crippen molar-refractivity contribution < 1.29 is 4.79 Å². The van der Waals surface area contributed by atoms with Gasteiger partial charge in [-0.2, -0.15) is 0 Å². The Balaban J connectivity index is 1.65. The number of carbonyl (C=O) groups is 1. The van der Waals surface area contributed by atoms with Gasteiger partial charge in [0.25, 0.3) is 5.91 Å². The number of hydrogen-bond acceptors (Lipinski definition) is 4. The van der Waals surface area contributed by atoms with E-state index in [0.717, 1.165) is 5.69 Å². The maximum atomic E-state index is 12.9. The molecule has 4 aromatic rings. The van der Waals surface area contributed by atoms with Crippen molar-refractivity contribution in [1.82, 2.24) is 29.8 Å². The van der Waals surface area contributed by atoms with E-state index in [-0.39, 0.29) is 17.4 Å². The van der Waals surface area contributed by atoms with Gasteiger partial charge in [0.2, 0.25) is 0 Å². The van der Waals surface area contributed by atoms with Crippen LogP contribution in [0.15, 0.2) is 49.2 Å². The third-order valence-corrected chi connectivity index (χ3v) is 5.95. The summed E-state index contributed by atoms with van der Waals surface area (Å²) in [4.78, 5) is 29.6. The number of rotatable bonds is 5. The molecule has 0 saturated heterocycles. The molecule has 2 N–H and O–H groups in total. The maximum Gasteiger partial charge on any atom is 0.255 e. The average Bonchev–Trinajstić information content (AvgIpc) is 3.40. The normalized spacial score (nSPS) is 13.0. The van der Waals surface area contributed by atoms with Crippen molar-refractivity contribution in [2.45, 2.75) is 53.5 Å². The molecule has 32 heavy (non-hydrogen) atoms. The number of imidazole rings is 1. The molecule has 0 unspecified atom stereocenters. The number of aromatic nitrogens is 5. The number of nitrogens with one attached hydrogen (secondary N) is 2. The molecule has 1 aromatic carbocycles. The van der Waals surface area contributed by atoms with E-state index in [4.69, 9.17) is 4.98 Å². The Bertz CT molecular complexity index is 1260. The van der Waals surface area contributed by atoms with Crippen molar-refractivity contribution in [1.29, 1.82) is 0 Å². The Kier molecular flexibility index (Phi) is 5.59. The molecule has 0 aliphatic rings. The van der Waals surface area contributed by atoms with Crippen LogP contribution < -0.4 is 5.32 Å². The van der Waals surface area contributed by atoms with E-state index >= 15 is 0 Å². The highest BCUT2D eigenvalue weighted by atomic mass is 16.1. The van der Waals surface area contributed by atoms with Crippen molar-refractivity contribution in [3.05, 3.63) is 60.3 Å². The maximum absolute atomic E-state index is 12.9. The van der Waals surface area contributed by atoms with Crippen LogP contribution in [0.5, 0.6) is 0 Å². The van der Waals surface area contributed by atoms with Crippen LogP contribution in [0.25, 0.3) is 28.2 Å². The van der Waals surface area contributed by atoms with Gasteiger partial charge in [0.05, 0.1) is 18.1 Å². The van der Waals surface area contributed by atoms with Crippen LogP contribution in [-0.2, 0) is 0 Å². The molecule has 166 valence electrons. The van der Waals surface area contributed by atoms with Gasteiger partial charge in [-0.25, -0.2) is 15.0 Å². The second-order valence-electron chi connectivity index (χ2n) is 9.63. The number of amides is 1. The third kappa shape index (κ3) is 4.28. The predicted octanol–water partition coefficient (Wildman–Crippen LogP) is 5.10. The Morgan fingerprint density at radius 1 is 1.12 bits per heavy atom. The summed E-state index contributed by atoms with van der Waals surface area (Å²) in [7, 11) is 0. The first-order valence-corrected chi connectivity index (χ1v) is 10.9. The summed E-state index contributed by atoms with van der Waals surface area (Å²) in [5, 5.41) is 3.07. The van der Waals surface area contributed by atoms with Crippen molar-refractivity contribution >= 4 is 17.1 Å². The van der Waals surface area contributed by atoms with Crippen molar-refractivity contribution in [2.75, 3.05) is 0 Å². The Morgan fingerprint density at radius 2 is 1.91 bits per heavy atom. The van der Waals surface area contributed by atoms with Gasteiger partial charge < -0.3 is 14.9 Å². The lowest BCUT2D eigenvalue weighted by atomic mass is 9.88. The van der Waals surface area contributed by atoms with Crippen LogP contribution >= 0.6 is 0 Å². The third-order valence-electron chi connectivity index (χ3n) is 5.95. The number of hydrogen-bond donors (Lipinski definition) is 2. The molecule has 4 rings (SSSR count). The van der Waals surface area contributed by atoms with Crippen molar-refractivity contribution in [2.24, 2.45) is 5.41 Å². The van der Waals surface area contributed by atoms with Gasteiger partial charge in [0, 0.05) is 24.1 Å². The first-order valence-electron chi connectivity index (χ1n) is 10.9. The Morgan fingerprint density at radius 3 is 2.62 bits per heavy atom. The first kappa shape index (κ1) is 21.7. The number of benzene rings is 1. The molecule has 0 radical (unpaired) electrons. The fourth-order valence-corrected chi connectivity index (χ4v) is 3.32. The molecule has 1 amide bonds. The minimum Gasteiger partial charge on any atom is -0.349 e. The first-order chi connectivity index (χ1) is 15.1.